The van der Waals surface area contributed by atoms with E-state index < -0.39 is 6.36 Å². The number of fused-ring (bicyclic) bond motifs is 1. The van der Waals surface area contributed by atoms with Gasteiger partial charge in [0.25, 0.3) is 5.91 Å². The van der Waals surface area contributed by atoms with Crippen molar-refractivity contribution in [3.8, 4) is 11.5 Å². The molecule has 0 aliphatic heterocycles. The number of H-pyrrole nitrogens is 1. The summed E-state index contributed by atoms with van der Waals surface area (Å²) in [6.07, 6.45) is -4.76. The molecule has 2 N–H and O–H groups in total. The molecule has 0 fully saturated rings. The third-order valence-electron chi connectivity index (χ3n) is 5.32. The molecule has 9 heteroatoms. The molecule has 0 aliphatic rings. The highest BCUT2D eigenvalue weighted by Gasteiger charge is 2.31. The second kappa shape index (κ2) is 9.32. The number of carbonyl (C=O) groups excluding carboxylic acids is 1. The summed E-state index contributed by atoms with van der Waals surface area (Å²) in [5, 5.41) is 10.5. The van der Waals surface area contributed by atoms with Crippen molar-refractivity contribution in [3.63, 3.8) is 0 Å². The van der Waals surface area contributed by atoms with Crippen LogP contribution >= 0.6 is 0 Å². The van der Waals surface area contributed by atoms with Crippen LogP contribution < -0.4 is 14.8 Å². The molecular formula is C26H24F3N3O3. The molecule has 0 saturated heterocycles. The lowest BCUT2D eigenvalue weighted by atomic mass is 9.87. The van der Waals surface area contributed by atoms with Crippen LogP contribution in [-0.4, -0.2) is 22.5 Å². The summed E-state index contributed by atoms with van der Waals surface area (Å²) >= 11 is 0. The van der Waals surface area contributed by atoms with E-state index in [0.29, 0.717) is 33.6 Å². The molecule has 0 saturated carbocycles. The maximum absolute atomic E-state index is 12.8. The van der Waals surface area contributed by atoms with E-state index in [4.69, 9.17) is 4.74 Å². The first-order valence-corrected chi connectivity index (χ1v) is 10.9. The Hall–Kier alpha value is -4.01. The molecule has 6 nitrogen and oxygen atoms in total. The molecule has 3 aromatic carbocycles. The number of hydrogen-bond donors (Lipinski definition) is 2. The molecule has 1 amide bonds. The Bertz CT molecular complexity index is 1340. The number of halogens is 3. The average Bonchev–Trinajstić information content (AvgIpc) is 3.18. The van der Waals surface area contributed by atoms with Gasteiger partial charge in [0.1, 0.15) is 18.1 Å². The first kappa shape index (κ1) is 24.1. The number of nitrogens with one attached hydrogen (secondary N) is 2. The Balaban J connectivity index is 1.46. The van der Waals surface area contributed by atoms with Crippen molar-refractivity contribution in [1.29, 1.82) is 0 Å². The third kappa shape index (κ3) is 6.11. The maximum atomic E-state index is 12.8. The van der Waals surface area contributed by atoms with Gasteiger partial charge in [-0.05, 0) is 59.0 Å². The molecule has 182 valence electrons. The van der Waals surface area contributed by atoms with Gasteiger partial charge < -0.3 is 14.8 Å². The fourth-order valence-corrected chi connectivity index (χ4v) is 3.48. The number of anilines is 1. The fourth-order valence-electron chi connectivity index (χ4n) is 3.48. The van der Waals surface area contributed by atoms with Crippen molar-refractivity contribution < 1.29 is 27.4 Å². The van der Waals surface area contributed by atoms with E-state index in [0.717, 1.165) is 5.56 Å². The summed E-state index contributed by atoms with van der Waals surface area (Å²) in [6, 6.07) is 18.1. The standard InChI is InChI=1S/C26H24F3N3O3/c1-25(2,3)18-9-7-17(8-10-18)24(33)30-23-21-14-19(11-12-22(21)31-32-23)34-15-16-5-4-6-20(13-16)35-26(27,28)29/h4-14H,15H2,1-3H3,(H2,30,31,32,33). The number of nitrogens with zero attached hydrogens (tertiary/aromatic N) is 1. The summed E-state index contributed by atoms with van der Waals surface area (Å²) in [7, 11) is 0. The normalized spacial score (nSPS) is 11.9. The van der Waals surface area contributed by atoms with Gasteiger partial charge in [-0.25, -0.2) is 0 Å². The Morgan fingerprint density at radius 3 is 2.40 bits per heavy atom. The zero-order valence-electron chi connectivity index (χ0n) is 19.4. The maximum Gasteiger partial charge on any atom is 0.573 e. The lowest BCUT2D eigenvalue weighted by Gasteiger charge is -2.19. The minimum absolute atomic E-state index is 0.0174. The van der Waals surface area contributed by atoms with Crippen molar-refractivity contribution in [3.05, 3.63) is 83.4 Å². The van der Waals surface area contributed by atoms with Crippen LogP contribution in [0, 0.1) is 0 Å². The van der Waals surface area contributed by atoms with Crippen molar-refractivity contribution in [2.75, 3.05) is 5.32 Å². The van der Waals surface area contributed by atoms with Crippen LogP contribution in [0.4, 0.5) is 19.0 Å². The number of ether oxygens (including phenoxy) is 2. The van der Waals surface area contributed by atoms with E-state index in [1.807, 2.05) is 12.1 Å². The van der Waals surface area contributed by atoms with E-state index in [2.05, 4.69) is 41.0 Å². The van der Waals surface area contributed by atoms with Crippen LogP contribution in [0.3, 0.4) is 0 Å². The number of carbonyl (C=O) groups is 1. The largest absolute Gasteiger partial charge is 0.573 e. The summed E-state index contributed by atoms with van der Waals surface area (Å²) in [6.45, 7) is 6.33. The quantitative estimate of drug-likeness (QED) is 0.324. The SMILES string of the molecule is CC(C)(C)c1ccc(C(=O)Nc2n[nH]c3ccc(OCc4cccc(OC(F)(F)F)c4)cc23)cc1. The lowest BCUT2D eigenvalue weighted by molar-refractivity contribution is -0.274. The molecular weight excluding hydrogens is 459 g/mol. The topological polar surface area (TPSA) is 76.2 Å². The van der Waals surface area contributed by atoms with E-state index in [1.165, 1.54) is 18.2 Å². The zero-order valence-corrected chi connectivity index (χ0v) is 19.4. The summed E-state index contributed by atoms with van der Waals surface area (Å²) in [5.41, 5.74) is 2.80. The predicted octanol–water partition coefficient (Wildman–Crippen LogP) is 6.59. The van der Waals surface area contributed by atoms with E-state index >= 15 is 0 Å². The van der Waals surface area contributed by atoms with E-state index in [9.17, 15) is 18.0 Å². The number of aromatic amines is 1. The van der Waals surface area contributed by atoms with Crippen molar-refractivity contribution >= 4 is 22.6 Å². The summed E-state index contributed by atoms with van der Waals surface area (Å²) < 4.78 is 47.1. The monoisotopic (exact) mass is 483 g/mol. The van der Waals surface area contributed by atoms with Crippen molar-refractivity contribution in [2.24, 2.45) is 0 Å². The van der Waals surface area contributed by atoms with Crippen molar-refractivity contribution in [2.45, 2.75) is 39.2 Å². The van der Waals surface area contributed by atoms with Gasteiger partial charge in [-0.15, -0.1) is 13.2 Å². The second-order valence-electron chi connectivity index (χ2n) is 9.04. The van der Waals surface area contributed by atoms with Crippen LogP contribution in [0.5, 0.6) is 11.5 Å². The minimum atomic E-state index is -4.76. The summed E-state index contributed by atoms with van der Waals surface area (Å²) in [5.74, 6) is 0.193. The smallest absolute Gasteiger partial charge is 0.489 e. The molecule has 0 bridgehead atoms. The molecule has 1 heterocycles. The third-order valence-corrected chi connectivity index (χ3v) is 5.32. The van der Waals surface area contributed by atoms with Crippen LogP contribution in [0.2, 0.25) is 0 Å². The lowest BCUT2D eigenvalue weighted by Crippen LogP contribution is -2.17. The Morgan fingerprint density at radius 1 is 0.971 bits per heavy atom. The molecule has 0 aliphatic carbocycles. The van der Waals surface area contributed by atoms with Gasteiger partial charge in [0.2, 0.25) is 0 Å². The van der Waals surface area contributed by atoms with E-state index in [1.54, 1.807) is 36.4 Å². The number of aromatic nitrogens is 2. The Labute approximate surface area is 200 Å². The molecule has 0 spiro atoms. The molecule has 0 atom stereocenters. The zero-order chi connectivity index (χ0) is 25.2. The molecule has 0 radical (unpaired) electrons. The van der Waals surface area contributed by atoms with Crippen LogP contribution in [0.25, 0.3) is 10.9 Å². The van der Waals surface area contributed by atoms with Gasteiger partial charge in [0, 0.05) is 10.9 Å². The fraction of sp³-hybridized carbons (Fsp3) is 0.231. The van der Waals surface area contributed by atoms with Crippen LogP contribution in [0.1, 0.15) is 42.3 Å². The summed E-state index contributed by atoms with van der Waals surface area (Å²) in [4.78, 5) is 12.8. The molecule has 1 aromatic heterocycles. The first-order valence-electron chi connectivity index (χ1n) is 10.9. The van der Waals surface area contributed by atoms with Gasteiger partial charge in [-0.1, -0.05) is 45.0 Å². The highest BCUT2D eigenvalue weighted by Crippen LogP contribution is 2.28. The Morgan fingerprint density at radius 2 is 1.71 bits per heavy atom. The first-order chi connectivity index (χ1) is 16.5. The predicted molar refractivity (Wildman–Crippen MR) is 127 cm³/mol. The van der Waals surface area contributed by atoms with Crippen molar-refractivity contribution in [1.82, 2.24) is 10.2 Å². The number of hydrogen-bond acceptors (Lipinski definition) is 4. The van der Waals surface area contributed by atoms with Crippen LogP contribution in [0.15, 0.2) is 66.7 Å². The molecule has 0 unspecified atom stereocenters. The second-order valence-corrected chi connectivity index (χ2v) is 9.04. The minimum Gasteiger partial charge on any atom is -0.489 e. The molecule has 4 rings (SSSR count). The highest BCUT2D eigenvalue weighted by atomic mass is 19.4. The van der Waals surface area contributed by atoms with Gasteiger partial charge in [-0.3, -0.25) is 9.89 Å². The highest BCUT2D eigenvalue weighted by molar-refractivity contribution is 6.08. The number of rotatable bonds is 6. The number of amides is 1. The average molecular weight is 483 g/mol. The van der Waals surface area contributed by atoms with Gasteiger partial charge in [-0.2, -0.15) is 5.10 Å². The van der Waals surface area contributed by atoms with Crippen LogP contribution in [-0.2, 0) is 12.0 Å². The van der Waals surface area contributed by atoms with Gasteiger partial charge in [0.15, 0.2) is 5.82 Å². The number of benzene rings is 3. The van der Waals surface area contributed by atoms with Gasteiger partial charge >= 0.3 is 6.36 Å². The molecule has 4 aromatic rings. The molecule has 35 heavy (non-hydrogen) atoms. The number of alkyl halides is 3. The van der Waals surface area contributed by atoms with E-state index in [-0.39, 0.29) is 23.7 Å². The van der Waals surface area contributed by atoms with Gasteiger partial charge in [0.05, 0.1) is 5.52 Å². The Kier molecular flexibility index (Phi) is 6.43.